The lowest BCUT2D eigenvalue weighted by Gasteiger charge is -2.37. The van der Waals surface area contributed by atoms with E-state index in [1.54, 1.807) is 18.5 Å². The first-order valence-electron chi connectivity index (χ1n) is 9.81. The molecule has 26 heavy (non-hydrogen) atoms. The Balaban J connectivity index is 1.33. The van der Waals surface area contributed by atoms with Gasteiger partial charge in [-0.05, 0) is 25.3 Å². The Morgan fingerprint density at radius 2 is 1.65 bits per heavy atom. The van der Waals surface area contributed by atoms with Crippen molar-refractivity contribution in [1.82, 2.24) is 19.8 Å². The smallest absolute Gasteiger partial charge is 0.225 e. The fraction of sp³-hybridized carbons (Fsp3) is 0.684. The summed E-state index contributed by atoms with van der Waals surface area (Å²) >= 11 is 0. The van der Waals surface area contributed by atoms with Gasteiger partial charge in [0, 0.05) is 57.5 Å². The lowest BCUT2D eigenvalue weighted by atomic mass is 9.88. The number of carbonyl (C=O) groups excluding carboxylic acids is 2. The van der Waals surface area contributed by atoms with Crippen LogP contribution in [0.25, 0.3) is 0 Å². The van der Waals surface area contributed by atoms with Crippen LogP contribution in [0.2, 0.25) is 0 Å². The molecule has 2 aliphatic rings. The standard InChI is InChI=1S/C19H29N5O2/c25-17(8-4-9-20-19-21-10-5-11-22-19)23-12-14-24(15-13-23)18(26)16-6-2-1-3-7-16/h5,10-11,16H,1-4,6-9,12-15H2,(H,20,21,22). The highest BCUT2D eigenvalue weighted by Crippen LogP contribution is 2.25. The van der Waals surface area contributed by atoms with E-state index in [4.69, 9.17) is 0 Å². The molecule has 1 aliphatic heterocycles. The molecule has 0 atom stereocenters. The van der Waals surface area contributed by atoms with E-state index in [0.29, 0.717) is 51.0 Å². The van der Waals surface area contributed by atoms with Crippen LogP contribution in [0.3, 0.4) is 0 Å². The fourth-order valence-corrected chi connectivity index (χ4v) is 3.77. The van der Waals surface area contributed by atoms with Crippen molar-refractivity contribution in [3.05, 3.63) is 18.5 Å². The van der Waals surface area contributed by atoms with Crippen LogP contribution in [-0.4, -0.2) is 64.3 Å². The molecule has 1 aromatic rings. The van der Waals surface area contributed by atoms with Gasteiger partial charge < -0.3 is 15.1 Å². The van der Waals surface area contributed by atoms with Gasteiger partial charge in [0.25, 0.3) is 0 Å². The van der Waals surface area contributed by atoms with Gasteiger partial charge in [0.15, 0.2) is 0 Å². The van der Waals surface area contributed by atoms with Crippen molar-refractivity contribution >= 4 is 17.8 Å². The SMILES string of the molecule is O=C(CCCNc1ncccn1)N1CCN(C(=O)C2CCCCC2)CC1. The highest BCUT2D eigenvalue weighted by atomic mass is 16.2. The number of nitrogens with zero attached hydrogens (tertiary/aromatic N) is 4. The number of rotatable bonds is 6. The van der Waals surface area contributed by atoms with E-state index in [1.165, 1.54) is 19.3 Å². The van der Waals surface area contributed by atoms with Crippen molar-refractivity contribution in [2.45, 2.75) is 44.9 Å². The van der Waals surface area contributed by atoms with E-state index in [1.807, 2.05) is 9.80 Å². The predicted octanol–water partition coefficient (Wildman–Crippen LogP) is 1.92. The summed E-state index contributed by atoms with van der Waals surface area (Å²) in [6.07, 6.45) is 10.3. The van der Waals surface area contributed by atoms with Crippen LogP contribution in [0, 0.1) is 5.92 Å². The number of anilines is 1. The summed E-state index contributed by atoms with van der Waals surface area (Å²) < 4.78 is 0. The molecular formula is C19H29N5O2. The van der Waals surface area contributed by atoms with Crippen LogP contribution < -0.4 is 5.32 Å². The molecule has 7 nitrogen and oxygen atoms in total. The molecule has 0 spiro atoms. The minimum Gasteiger partial charge on any atom is -0.354 e. The maximum Gasteiger partial charge on any atom is 0.225 e. The second-order valence-electron chi connectivity index (χ2n) is 7.14. The molecule has 142 valence electrons. The first-order valence-corrected chi connectivity index (χ1v) is 9.81. The molecule has 1 saturated heterocycles. The maximum atomic E-state index is 12.6. The van der Waals surface area contributed by atoms with Gasteiger partial charge in [0.05, 0.1) is 0 Å². The summed E-state index contributed by atoms with van der Waals surface area (Å²) in [6, 6.07) is 1.77. The van der Waals surface area contributed by atoms with Crippen LogP contribution in [0.4, 0.5) is 5.95 Å². The van der Waals surface area contributed by atoms with Gasteiger partial charge in [0.2, 0.25) is 17.8 Å². The molecule has 1 saturated carbocycles. The zero-order valence-corrected chi connectivity index (χ0v) is 15.4. The molecule has 0 aromatic carbocycles. The Hall–Kier alpha value is -2.18. The van der Waals surface area contributed by atoms with Crippen LogP contribution in [0.15, 0.2) is 18.5 Å². The Morgan fingerprint density at radius 1 is 1.00 bits per heavy atom. The summed E-state index contributed by atoms with van der Waals surface area (Å²) in [6.45, 7) is 3.35. The maximum absolute atomic E-state index is 12.6. The molecule has 1 aliphatic carbocycles. The van der Waals surface area contributed by atoms with Crippen molar-refractivity contribution < 1.29 is 9.59 Å². The lowest BCUT2D eigenvalue weighted by molar-refractivity contribution is -0.142. The second-order valence-corrected chi connectivity index (χ2v) is 7.14. The Bertz CT molecular complexity index is 581. The van der Waals surface area contributed by atoms with Gasteiger partial charge in [-0.15, -0.1) is 0 Å². The molecule has 2 heterocycles. The van der Waals surface area contributed by atoms with E-state index in [9.17, 15) is 9.59 Å². The molecule has 2 amide bonds. The van der Waals surface area contributed by atoms with Gasteiger partial charge in [0.1, 0.15) is 0 Å². The number of hydrogen-bond donors (Lipinski definition) is 1. The monoisotopic (exact) mass is 359 g/mol. The van der Waals surface area contributed by atoms with Crippen molar-refractivity contribution in [2.75, 3.05) is 38.0 Å². The molecule has 0 unspecified atom stereocenters. The number of nitrogens with one attached hydrogen (secondary N) is 1. The number of carbonyl (C=O) groups is 2. The normalized spacial score (nSPS) is 18.6. The fourth-order valence-electron chi connectivity index (χ4n) is 3.77. The zero-order chi connectivity index (χ0) is 18.2. The molecule has 1 N–H and O–H groups in total. The highest BCUT2D eigenvalue weighted by molar-refractivity contribution is 5.80. The van der Waals surface area contributed by atoms with Gasteiger partial charge in [-0.2, -0.15) is 0 Å². The Morgan fingerprint density at radius 3 is 2.35 bits per heavy atom. The van der Waals surface area contributed by atoms with E-state index >= 15 is 0 Å². The summed E-state index contributed by atoms with van der Waals surface area (Å²) in [5.41, 5.74) is 0. The van der Waals surface area contributed by atoms with E-state index in [2.05, 4.69) is 15.3 Å². The summed E-state index contributed by atoms with van der Waals surface area (Å²) in [7, 11) is 0. The molecular weight excluding hydrogens is 330 g/mol. The first kappa shape index (κ1) is 18.6. The van der Waals surface area contributed by atoms with Gasteiger partial charge >= 0.3 is 0 Å². The van der Waals surface area contributed by atoms with Gasteiger partial charge in [-0.3, -0.25) is 9.59 Å². The third kappa shape index (κ3) is 5.16. The topological polar surface area (TPSA) is 78.4 Å². The van der Waals surface area contributed by atoms with Crippen LogP contribution >= 0.6 is 0 Å². The highest BCUT2D eigenvalue weighted by Gasteiger charge is 2.29. The number of aromatic nitrogens is 2. The van der Waals surface area contributed by atoms with Crippen LogP contribution in [-0.2, 0) is 9.59 Å². The molecule has 0 bridgehead atoms. The van der Waals surface area contributed by atoms with Gasteiger partial charge in [-0.1, -0.05) is 19.3 Å². The third-order valence-electron chi connectivity index (χ3n) is 5.31. The average molecular weight is 359 g/mol. The second kappa shape index (κ2) is 9.50. The summed E-state index contributed by atoms with van der Waals surface area (Å²) in [5.74, 6) is 1.29. The van der Waals surface area contributed by atoms with E-state index < -0.39 is 0 Å². The van der Waals surface area contributed by atoms with Crippen molar-refractivity contribution in [1.29, 1.82) is 0 Å². The number of amides is 2. The van der Waals surface area contributed by atoms with E-state index in [0.717, 1.165) is 19.3 Å². The molecule has 1 aromatic heterocycles. The molecule has 3 rings (SSSR count). The quantitative estimate of drug-likeness (QED) is 0.785. The summed E-state index contributed by atoms with van der Waals surface area (Å²) in [4.78, 5) is 37.0. The largest absolute Gasteiger partial charge is 0.354 e. The number of hydrogen-bond acceptors (Lipinski definition) is 5. The van der Waals surface area contributed by atoms with Crippen LogP contribution in [0.5, 0.6) is 0 Å². The van der Waals surface area contributed by atoms with Gasteiger partial charge in [-0.25, -0.2) is 9.97 Å². The Kier molecular flexibility index (Phi) is 6.80. The molecule has 2 fully saturated rings. The zero-order valence-electron chi connectivity index (χ0n) is 15.4. The minimum atomic E-state index is 0.172. The number of piperazine rings is 1. The first-order chi connectivity index (χ1) is 12.7. The molecule has 7 heteroatoms. The van der Waals surface area contributed by atoms with Crippen molar-refractivity contribution in [3.8, 4) is 0 Å². The summed E-state index contributed by atoms with van der Waals surface area (Å²) in [5, 5.41) is 3.12. The van der Waals surface area contributed by atoms with E-state index in [-0.39, 0.29) is 11.8 Å². The lowest BCUT2D eigenvalue weighted by Crippen LogP contribution is -2.52. The molecule has 0 radical (unpaired) electrons. The van der Waals surface area contributed by atoms with Crippen molar-refractivity contribution in [3.63, 3.8) is 0 Å². The van der Waals surface area contributed by atoms with Crippen molar-refractivity contribution in [2.24, 2.45) is 5.92 Å². The Labute approximate surface area is 155 Å². The minimum absolute atomic E-state index is 0.172. The average Bonchev–Trinajstić information content (AvgIpc) is 2.72. The predicted molar refractivity (Wildman–Crippen MR) is 99.5 cm³/mol. The van der Waals surface area contributed by atoms with Crippen LogP contribution in [0.1, 0.15) is 44.9 Å². The third-order valence-corrected chi connectivity index (χ3v) is 5.31.